The number of carbonyl (C=O) groups excluding carboxylic acids is 1. The number of aromatic nitrogens is 2. The van der Waals surface area contributed by atoms with Crippen LogP contribution in [0.25, 0.3) is 5.69 Å². The van der Waals surface area contributed by atoms with Gasteiger partial charge in [-0.2, -0.15) is 5.10 Å². The highest BCUT2D eigenvalue weighted by Crippen LogP contribution is 2.18. The average Bonchev–Trinajstić information content (AvgIpc) is 3.32. The van der Waals surface area contributed by atoms with E-state index < -0.39 is 0 Å². The standard InChI is InChI=1S/C20H26N4O2/c1-16-19(14-21-24(16)17-6-3-2-4-7-17)20(25)23-11-9-22(10-12-23)15-18-8-5-13-26-18/h2-4,6-7,14,18H,5,8-13,15H2,1H3. The first-order valence-corrected chi connectivity index (χ1v) is 9.45. The number of benzene rings is 1. The third-order valence-corrected chi connectivity index (χ3v) is 5.39. The van der Waals surface area contributed by atoms with Crippen LogP contribution in [0, 0.1) is 6.92 Å². The van der Waals surface area contributed by atoms with Gasteiger partial charge in [0.1, 0.15) is 0 Å². The molecule has 0 N–H and O–H groups in total. The van der Waals surface area contributed by atoms with Crippen molar-refractivity contribution >= 4 is 5.91 Å². The van der Waals surface area contributed by atoms with Crippen molar-refractivity contribution in [3.8, 4) is 5.69 Å². The Morgan fingerprint density at radius 1 is 1.19 bits per heavy atom. The number of carbonyl (C=O) groups is 1. The quantitative estimate of drug-likeness (QED) is 0.844. The number of nitrogens with zero attached hydrogens (tertiary/aromatic N) is 4. The van der Waals surface area contributed by atoms with Gasteiger partial charge in [0.15, 0.2) is 0 Å². The SMILES string of the molecule is Cc1c(C(=O)N2CCN(CC3CCCO3)CC2)cnn1-c1ccccc1. The molecule has 1 aromatic carbocycles. The van der Waals surface area contributed by atoms with Gasteiger partial charge in [-0.05, 0) is 31.9 Å². The van der Waals surface area contributed by atoms with E-state index >= 15 is 0 Å². The lowest BCUT2D eigenvalue weighted by Crippen LogP contribution is -2.50. The highest BCUT2D eigenvalue weighted by Gasteiger charge is 2.27. The number of hydrogen-bond acceptors (Lipinski definition) is 4. The lowest BCUT2D eigenvalue weighted by atomic mass is 10.2. The van der Waals surface area contributed by atoms with Crippen LogP contribution < -0.4 is 0 Å². The van der Waals surface area contributed by atoms with Crippen molar-refractivity contribution in [2.45, 2.75) is 25.9 Å². The van der Waals surface area contributed by atoms with Crippen LogP contribution in [0.1, 0.15) is 28.9 Å². The predicted molar refractivity (Wildman–Crippen MR) is 99.6 cm³/mol. The fourth-order valence-electron chi connectivity index (χ4n) is 3.83. The Morgan fingerprint density at radius 3 is 2.65 bits per heavy atom. The lowest BCUT2D eigenvalue weighted by Gasteiger charge is -2.35. The molecule has 0 aliphatic carbocycles. The highest BCUT2D eigenvalue weighted by molar-refractivity contribution is 5.95. The molecule has 2 aliphatic heterocycles. The molecule has 1 aromatic heterocycles. The van der Waals surface area contributed by atoms with Gasteiger partial charge in [-0.25, -0.2) is 4.68 Å². The minimum Gasteiger partial charge on any atom is -0.377 e. The van der Waals surface area contributed by atoms with Crippen molar-refractivity contribution in [1.29, 1.82) is 0 Å². The fourth-order valence-corrected chi connectivity index (χ4v) is 3.83. The number of rotatable bonds is 4. The molecule has 4 rings (SSSR count). The smallest absolute Gasteiger partial charge is 0.257 e. The molecule has 0 saturated carbocycles. The summed E-state index contributed by atoms with van der Waals surface area (Å²) in [4.78, 5) is 17.3. The average molecular weight is 354 g/mol. The molecule has 1 amide bonds. The molecule has 6 heteroatoms. The monoisotopic (exact) mass is 354 g/mol. The molecule has 3 heterocycles. The molecule has 2 aliphatic rings. The highest BCUT2D eigenvalue weighted by atomic mass is 16.5. The molecule has 0 bridgehead atoms. The van der Waals surface area contributed by atoms with E-state index in [1.165, 1.54) is 6.42 Å². The van der Waals surface area contributed by atoms with Crippen molar-refractivity contribution < 1.29 is 9.53 Å². The molecule has 26 heavy (non-hydrogen) atoms. The van der Waals surface area contributed by atoms with Crippen LogP contribution in [0.4, 0.5) is 0 Å². The van der Waals surface area contributed by atoms with Crippen molar-refractivity contribution in [3.63, 3.8) is 0 Å². The second kappa shape index (κ2) is 7.60. The van der Waals surface area contributed by atoms with Crippen molar-refractivity contribution in [1.82, 2.24) is 19.6 Å². The van der Waals surface area contributed by atoms with Gasteiger partial charge in [-0.3, -0.25) is 9.69 Å². The predicted octanol–water partition coefficient (Wildman–Crippen LogP) is 2.12. The van der Waals surface area contributed by atoms with E-state index in [0.29, 0.717) is 11.7 Å². The Bertz CT molecular complexity index is 744. The van der Waals surface area contributed by atoms with Crippen molar-refractivity contribution in [2.75, 3.05) is 39.3 Å². The maximum absolute atomic E-state index is 12.9. The summed E-state index contributed by atoms with van der Waals surface area (Å²) < 4.78 is 7.56. The van der Waals surface area contributed by atoms with Gasteiger partial charge < -0.3 is 9.64 Å². The van der Waals surface area contributed by atoms with E-state index in [1.54, 1.807) is 6.20 Å². The molecule has 2 aromatic rings. The lowest BCUT2D eigenvalue weighted by molar-refractivity contribution is 0.0432. The first-order chi connectivity index (χ1) is 12.7. The Labute approximate surface area is 154 Å². The Morgan fingerprint density at radius 2 is 1.96 bits per heavy atom. The molecule has 138 valence electrons. The molecule has 2 fully saturated rings. The Balaban J connectivity index is 1.39. The fraction of sp³-hybridized carbons (Fsp3) is 0.500. The molecule has 2 saturated heterocycles. The summed E-state index contributed by atoms with van der Waals surface area (Å²) >= 11 is 0. The summed E-state index contributed by atoms with van der Waals surface area (Å²) in [5, 5.41) is 4.43. The normalized spacial score (nSPS) is 21.3. The topological polar surface area (TPSA) is 50.6 Å². The van der Waals surface area contributed by atoms with E-state index in [4.69, 9.17) is 4.74 Å². The van der Waals surface area contributed by atoms with Crippen LogP contribution in [-0.2, 0) is 4.74 Å². The first-order valence-electron chi connectivity index (χ1n) is 9.45. The van der Waals surface area contributed by atoms with E-state index in [1.807, 2.05) is 46.8 Å². The van der Waals surface area contributed by atoms with Gasteiger partial charge in [0.2, 0.25) is 0 Å². The van der Waals surface area contributed by atoms with Gasteiger partial charge in [0.25, 0.3) is 5.91 Å². The van der Waals surface area contributed by atoms with Crippen LogP contribution in [-0.4, -0.2) is 70.9 Å². The summed E-state index contributed by atoms with van der Waals surface area (Å²) in [5.74, 6) is 0.0847. The van der Waals surface area contributed by atoms with E-state index in [-0.39, 0.29) is 5.91 Å². The molecule has 1 unspecified atom stereocenters. The zero-order valence-electron chi connectivity index (χ0n) is 15.3. The van der Waals surface area contributed by atoms with Crippen molar-refractivity contribution in [2.24, 2.45) is 0 Å². The maximum Gasteiger partial charge on any atom is 0.257 e. The Hall–Kier alpha value is -2.18. The van der Waals surface area contributed by atoms with Crippen LogP contribution >= 0.6 is 0 Å². The van der Waals surface area contributed by atoms with E-state index in [2.05, 4.69) is 10.00 Å². The summed E-state index contributed by atoms with van der Waals surface area (Å²) in [5.41, 5.74) is 2.56. The van der Waals surface area contributed by atoms with Gasteiger partial charge in [-0.15, -0.1) is 0 Å². The van der Waals surface area contributed by atoms with Crippen LogP contribution in [0.5, 0.6) is 0 Å². The summed E-state index contributed by atoms with van der Waals surface area (Å²) in [6.45, 7) is 7.21. The summed E-state index contributed by atoms with van der Waals surface area (Å²) in [7, 11) is 0. The van der Waals surface area contributed by atoms with Gasteiger partial charge in [-0.1, -0.05) is 18.2 Å². The number of ether oxygens (including phenoxy) is 1. The Kier molecular flexibility index (Phi) is 5.04. The minimum atomic E-state index is 0.0847. The second-order valence-electron chi connectivity index (χ2n) is 7.12. The zero-order chi connectivity index (χ0) is 17.9. The van der Waals surface area contributed by atoms with E-state index in [9.17, 15) is 4.79 Å². The van der Waals surface area contributed by atoms with E-state index in [0.717, 1.165) is 57.1 Å². The molecule has 0 radical (unpaired) electrons. The van der Waals surface area contributed by atoms with Gasteiger partial charge in [0, 0.05) is 39.3 Å². The largest absolute Gasteiger partial charge is 0.377 e. The van der Waals surface area contributed by atoms with Crippen LogP contribution in [0.3, 0.4) is 0 Å². The second-order valence-corrected chi connectivity index (χ2v) is 7.12. The summed E-state index contributed by atoms with van der Waals surface area (Å²) in [6.07, 6.45) is 4.41. The number of hydrogen-bond donors (Lipinski definition) is 0. The summed E-state index contributed by atoms with van der Waals surface area (Å²) in [6, 6.07) is 9.93. The van der Waals surface area contributed by atoms with Crippen LogP contribution in [0.15, 0.2) is 36.5 Å². The zero-order valence-corrected chi connectivity index (χ0v) is 15.3. The number of para-hydroxylation sites is 1. The molecule has 6 nitrogen and oxygen atoms in total. The third kappa shape index (κ3) is 3.52. The van der Waals surface area contributed by atoms with Gasteiger partial charge >= 0.3 is 0 Å². The van der Waals surface area contributed by atoms with Crippen molar-refractivity contribution in [3.05, 3.63) is 47.8 Å². The maximum atomic E-state index is 12.9. The third-order valence-electron chi connectivity index (χ3n) is 5.39. The molecule has 1 atom stereocenters. The van der Waals surface area contributed by atoms with Crippen LogP contribution in [0.2, 0.25) is 0 Å². The number of amides is 1. The van der Waals surface area contributed by atoms with Gasteiger partial charge in [0.05, 0.1) is 29.2 Å². The molecular weight excluding hydrogens is 328 g/mol. The number of piperazine rings is 1. The molecule has 0 spiro atoms. The molecular formula is C20H26N4O2. The first kappa shape index (κ1) is 17.2. The minimum absolute atomic E-state index is 0.0847.